The zero-order valence-corrected chi connectivity index (χ0v) is 11.1. The molecule has 0 saturated heterocycles. The highest BCUT2D eigenvalue weighted by Crippen LogP contribution is 2.19. The van der Waals surface area contributed by atoms with Crippen molar-refractivity contribution in [2.45, 2.75) is 25.8 Å². The lowest BCUT2D eigenvalue weighted by atomic mass is 10.1. The van der Waals surface area contributed by atoms with E-state index in [9.17, 15) is 4.79 Å². The van der Waals surface area contributed by atoms with Crippen LogP contribution < -0.4 is 0 Å². The Labute approximate surface area is 118 Å². The van der Waals surface area contributed by atoms with Crippen molar-refractivity contribution in [3.05, 3.63) is 42.2 Å². The van der Waals surface area contributed by atoms with Gasteiger partial charge >= 0.3 is 5.97 Å². The van der Waals surface area contributed by atoms with Gasteiger partial charge in [-0.15, -0.1) is 12.3 Å². The second-order valence-electron chi connectivity index (χ2n) is 4.54. The topological polar surface area (TPSA) is 55.1 Å². The van der Waals surface area contributed by atoms with Crippen LogP contribution in [0, 0.1) is 12.3 Å². The minimum atomic E-state index is -0.916. The predicted octanol–water partition coefficient (Wildman–Crippen LogP) is 3.05. The molecule has 0 radical (unpaired) electrons. The van der Waals surface area contributed by atoms with Crippen molar-refractivity contribution in [2.24, 2.45) is 0 Å². The zero-order chi connectivity index (χ0) is 14.4. The average molecular weight is 268 g/mol. The van der Waals surface area contributed by atoms with Crippen LogP contribution in [0.25, 0.3) is 11.1 Å². The van der Waals surface area contributed by atoms with Crippen molar-refractivity contribution < 1.29 is 9.90 Å². The van der Waals surface area contributed by atoms with Crippen molar-refractivity contribution in [3.63, 3.8) is 0 Å². The molecule has 0 aliphatic rings. The number of carboxylic acid groups (broad SMARTS) is 1. The summed E-state index contributed by atoms with van der Waals surface area (Å²) in [5.74, 6) is 1.71. The van der Waals surface area contributed by atoms with Gasteiger partial charge in [-0.25, -0.2) is 4.79 Å². The number of benzene rings is 1. The van der Waals surface area contributed by atoms with Gasteiger partial charge in [0.15, 0.2) is 0 Å². The minimum absolute atomic E-state index is 0.287. The largest absolute Gasteiger partial charge is 0.478 e. The van der Waals surface area contributed by atoms with Gasteiger partial charge in [0, 0.05) is 24.7 Å². The van der Waals surface area contributed by atoms with Crippen molar-refractivity contribution in [1.29, 1.82) is 0 Å². The maximum atomic E-state index is 10.8. The van der Waals surface area contributed by atoms with E-state index >= 15 is 0 Å². The Balaban J connectivity index is 2.01. The van der Waals surface area contributed by atoms with E-state index in [4.69, 9.17) is 11.5 Å². The SMILES string of the molecule is C#CCCCCn1cc(-c2ccc(C(=O)O)cc2)cn1. The summed E-state index contributed by atoms with van der Waals surface area (Å²) < 4.78 is 1.89. The molecule has 0 aliphatic heterocycles. The Kier molecular flexibility index (Phi) is 4.56. The molecule has 2 rings (SSSR count). The standard InChI is InChI=1S/C16H16N2O2/c1-2-3-4-5-10-18-12-15(11-17-18)13-6-8-14(9-7-13)16(19)20/h1,6-9,11-12H,3-5,10H2,(H,19,20). The van der Waals surface area contributed by atoms with E-state index in [0.29, 0.717) is 0 Å². The molecule has 1 N–H and O–H groups in total. The van der Waals surface area contributed by atoms with E-state index in [1.807, 2.05) is 10.9 Å². The van der Waals surface area contributed by atoms with Crippen LogP contribution in [0.4, 0.5) is 0 Å². The number of carbonyl (C=O) groups is 1. The number of hydrogen-bond donors (Lipinski definition) is 1. The molecular formula is C16H16N2O2. The Morgan fingerprint density at radius 2 is 2.00 bits per heavy atom. The Morgan fingerprint density at radius 1 is 1.25 bits per heavy atom. The molecule has 0 saturated carbocycles. The van der Waals surface area contributed by atoms with Crippen LogP contribution in [0.5, 0.6) is 0 Å². The molecule has 0 bridgehead atoms. The summed E-state index contributed by atoms with van der Waals surface area (Å²) >= 11 is 0. The van der Waals surface area contributed by atoms with Crippen molar-refractivity contribution in [1.82, 2.24) is 9.78 Å². The molecule has 20 heavy (non-hydrogen) atoms. The van der Waals surface area contributed by atoms with E-state index in [0.717, 1.165) is 36.9 Å². The van der Waals surface area contributed by atoms with Crippen LogP contribution in [0.1, 0.15) is 29.6 Å². The number of unbranched alkanes of at least 4 members (excludes halogenated alkanes) is 2. The van der Waals surface area contributed by atoms with Gasteiger partial charge in [0.25, 0.3) is 0 Å². The summed E-state index contributed by atoms with van der Waals surface area (Å²) in [6, 6.07) is 6.79. The third-order valence-corrected chi connectivity index (χ3v) is 3.06. The molecule has 2 aromatic rings. The molecule has 4 heteroatoms. The predicted molar refractivity (Wildman–Crippen MR) is 77.3 cm³/mol. The van der Waals surface area contributed by atoms with Gasteiger partial charge in [-0.3, -0.25) is 4.68 Å². The maximum absolute atomic E-state index is 10.8. The second-order valence-corrected chi connectivity index (χ2v) is 4.54. The molecule has 1 heterocycles. The van der Waals surface area contributed by atoms with E-state index in [1.54, 1.807) is 30.5 Å². The number of terminal acetylenes is 1. The lowest BCUT2D eigenvalue weighted by molar-refractivity contribution is 0.0697. The van der Waals surface area contributed by atoms with Crippen LogP contribution >= 0.6 is 0 Å². The summed E-state index contributed by atoms with van der Waals surface area (Å²) in [5, 5.41) is 13.2. The number of aromatic nitrogens is 2. The third-order valence-electron chi connectivity index (χ3n) is 3.06. The second kappa shape index (κ2) is 6.58. The van der Waals surface area contributed by atoms with Gasteiger partial charge in [0.2, 0.25) is 0 Å². The van der Waals surface area contributed by atoms with E-state index in [-0.39, 0.29) is 5.56 Å². The van der Waals surface area contributed by atoms with E-state index < -0.39 is 5.97 Å². The number of hydrogen-bond acceptors (Lipinski definition) is 2. The number of aromatic carboxylic acids is 1. The van der Waals surface area contributed by atoms with Crippen LogP contribution in [-0.4, -0.2) is 20.9 Å². The summed E-state index contributed by atoms with van der Waals surface area (Å²) in [5.41, 5.74) is 2.24. The molecule has 102 valence electrons. The summed E-state index contributed by atoms with van der Waals surface area (Å²) in [6.07, 6.45) is 11.8. The highest BCUT2D eigenvalue weighted by atomic mass is 16.4. The molecule has 0 amide bonds. The highest BCUT2D eigenvalue weighted by molar-refractivity contribution is 5.88. The van der Waals surface area contributed by atoms with Gasteiger partial charge in [0.1, 0.15) is 0 Å². The highest BCUT2D eigenvalue weighted by Gasteiger charge is 2.05. The van der Waals surface area contributed by atoms with Gasteiger partial charge < -0.3 is 5.11 Å². The van der Waals surface area contributed by atoms with E-state index in [2.05, 4.69) is 11.0 Å². The molecule has 0 unspecified atom stereocenters. The molecule has 0 spiro atoms. The normalized spacial score (nSPS) is 10.2. The van der Waals surface area contributed by atoms with Gasteiger partial charge in [-0.05, 0) is 30.5 Å². The molecule has 0 aliphatic carbocycles. The van der Waals surface area contributed by atoms with Gasteiger partial charge in [0.05, 0.1) is 11.8 Å². The fraction of sp³-hybridized carbons (Fsp3) is 0.250. The van der Waals surface area contributed by atoms with Crippen molar-refractivity contribution in [3.8, 4) is 23.5 Å². The first kappa shape index (κ1) is 13.9. The monoisotopic (exact) mass is 268 g/mol. The lowest BCUT2D eigenvalue weighted by Gasteiger charge is -2.00. The van der Waals surface area contributed by atoms with Crippen LogP contribution in [0.15, 0.2) is 36.7 Å². The van der Waals surface area contributed by atoms with Gasteiger partial charge in [-0.2, -0.15) is 5.10 Å². The molecule has 0 fully saturated rings. The number of carboxylic acids is 1. The van der Waals surface area contributed by atoms with Crippen LogP contribution in [0.3, 0.4) is 0 Å². The average Bonchev–Trinajstić information content (AvgIpc) is 2.92. The van der Waals surface area contributed by atoms with Crippen molar-refractivity contribution >= 4 is 5.97 Å². The number of aryl methyl sites for hydroxylation is 1. The molecule has 1 aromatic carbocycles. The fourth-order valence-electron chi connectivity index (χ4n) is 1.94. The van der Waals surface area contributed by atoms with Crippen molar-refractivity contribution in [2.75, 3.05) is 0 Å². The Morgan fingerprint density at radius 3 is 2.65 bits per heavy atom. The van der Waals surface area contributed by atoms with E-state index in [1.165, 1.54) is 0 Å². The third kappa shape index (κ3) is 3.48. The van der Waals surface area contributed by atoms with Crippen LogP contribution in [-0.2, 0) is 6.54 Å². The summed E-state index contributed by atoms with van der Waals surface area (Å²) in [4.78, 5) is 10.8. The summed E-state index contributed by atoms with van der Waals surface area (Å²) in [7, 11) is 0. The molecular weight excluding hydrogens is 252 g/mol. The summed E-state index contributed by atoms with van der Waals surface area (Å²) in [6.45, 7) is 0.842. The fourth-order valence-corrected chi connectivity index (χ4v) is 1.94. The Hall–Kier alpha value is -2.54. The quantitative estimate of drug-likeness (QED) is 0.647. The first-order chi connectivity index (χ1) is 9.70. The molecule has 4 nitrogen and oxygen atoms in total. The van der Waals surface area contributed by atoms with Gasteiger partial charge in [-0.1, -0.05) is 12.1 Å². The smallest absolute Gasteiger partial charge is 0.335 e. The first-order valence-electron chi connectivity index (χ1n) is 6.50. The number of nitrogens with zero attached hydrogens (tertiary/aromatic N) is 2. The number of rotatable bonds is 6. The minimum Gasteiger partial charge on any atom is -0.478 e. The molecule has 1 aromatic heterocycles. The molecule has 0 atom stereocenters. The lowest BCUT2D eigenvalue weighted by Crippen LogP contribution is -1.97. The first-order valence-corrected chi connectivity index (χ1v) is 6.50. The Bertz CT molecular complexity index is 621. The zero-order valence-electron chi connectivity index (χ0n) is 11.1. The van der Waals surface area contributed by atoms with Crippen LogP contribution in [0.2, 0.25) is 0 Å². The maximum Gasteiger partial charge on any atom is 0.335 e.